The Morgan fingerprint density at radius 3 is 2.51 bits per heavy atom. The summed E-state index contributed by atoms with van der Waals surface area (Å²) in [5.41, 5.74) is 5.96. The smallest absolute Gasteiger partial charge is 0.223 e. The Kier molecular flexibility index (Phi) is 6.03. The number of aromatic nitrogens is 5. The van der Waals surface area contributed by atoms with Crippen LogP contribution < -0.4 is 10.2 Å². The lowest BCUT2D eigenvalue weighted by atomic mass is 10.1. The monoisotopic (exact) mass is 473 g/mol. The highest BCUT2D eigenvalue weighted by Gasteiger charge is 2.25. The number of piperazine rings is 1. The molecule has 3 aliphatic rings. The number of aromatic amines is 1. The number of amides is 1. The van der Waals surface area contributed by atoms with Gasteiger partial charge in [0.15, 0.2) is 0 Å². The Labute approximate surface area is 204 Å². The van der Waals surface area contributed by atoms with E-state index in [-0.39, 0.29) is 5.91 Å². The zero-order valence-corrected chi connectivity index (χ0v) is 19.9. The van der Waals surface area contributed by atoms with Crippen LogP contribution in [0.1, 0.15) is 28.9 Å². The van der Waals surface area contributed by atoms with Crippen molar-refractivity contribution in [3.8, 4) is 0 Å². The third kappa shape index (κ3) is 4.84. The summed E-state index contributed by atoms with van der Waals surface area (Å²) in [4.78, 5) is 28.4. The van der Waals surface area contributed by atoms with Gasteiger partial charge in [0.25, 0.3) is 0 Å². The number of carbonyl (C=O) groups excluding carboxylic acids is 1. The van der Waals surface area contributed by atoms with Crippen molar-refractivity contribution < 1.29 is 4.79 Å². The second-order valence-electron chi connectivity index (χ2n) is 9.66. The number of hydrogen-bond donors (Lipinski definition) is 2. The highest BCUT2D eigenvalue weighted by atomic mass is 16.2. The van der Waals surface area contributed by atoms with Gasteiger partial charge in [-0.3, -0.25) is 14.8 Å². The Morgan fingerprint density at radius 1 is 1.03 bits per heavy atom. The maximum absolute atomic E-state index is 12.8. The van der Waals surface area contributed by atoms with Crippen molar-refractivity contribution in [1.29, 1.82) is 0 Å². The van der Waals surface area contributed by atoms with E-state index in [0.717, 1.165) is 82.2 Å². The summed E-state index contributed by atoms with van der Waals surface area (Å²) in [6.45, 7) is 5.53. The first-order chi connectivity index (χ1) is 17.2. The molecule has 10 heteroatoms. The van der Waals surface area contributed by atoms with Gasteiger partial charge in [0.1, 0.15) is 0 Å². The molecule has 2 N–H and O–H groups in total. The second-order valence-corrected chi connectivity index (χ2v) is 9.66. The van der Waals surface area contributed by atoms with Crippen molar-refractivity contribution in [2.75, 3.05) is 49.5 Å². The number of fused-ring (bicyclic) bond motifs is 2. The van der Waals surface area contributed by atoms with Crippen LogP contribution in [0.15, 0.2) is 36.7 Å². The van der Waals surface area contributed by atoms with Crippen LogP contribution in [0.2, 0.25) is 0 Å². The third-order valence-electron chi connectivity index (χ3n) is 7.42. The van der Waals surface area contributed by atoms with Crippen LogP contribution in [-0.2, 0) is 30.6 Å². The van der Waals surface area contributed by atoms with E-state index in [1.165, 1.54) is 11.1 Å². The number of nitrogens with one attached hydrogen (secondary N) is 2. The molecule has 3 aromatic rings. The predicted molar refractivity (Wildman–Crippen MR) is 132 cm³/mol. The van der Waals surface area contributed by atoms with E-state index in [0.29, 0.717) is 18.4 Å². The lowest BCUT2D eigenvalue weighted by Gasteiger charge is -2.36. The highest BCUT2D eigenvalue weighted by Crippen LogP contribution is 2.24. The summed E-state index contributed by atoms with van der Waals surface area (Å²) in [6.07, 6.45) is 7.26. The predicted octanol–water partition coefficient (Wildman–Crippen LogP) is 1.27. The molecule has 1 amide bonds. The van der Waals surface area contributed by atoms with E-state index in [1.54, 1.807) is 0 Å². The molecule has 0 atom stereocenters. The number of rotatable bonds is 6. The molecule has 6 rings (SSSR count). The summed E-state index contributed by atoms with van der Waals surface area (Å²) in [7, 11) is 0. The van der Waals surface area contributed by atoms with Gasteiger partial charge < -0.3 is 15.1 Å². The number of H-pyrrole nitrogens is 1. The lowest BCUT2D eigenvalue weighted by Crippen LogP contribution is -2.49. The molecule has 0 radical (unpaired) electrons. The zero-order valence-electron chi connectivity index (χ0n) is 19.9. The molecule has 2 aromatic heterocycles. The normalized spacial score (nSPS) is 18.4. The highest BCUT2D eigenvalue weighted by molar-refractivity contribution is 5.76. The maximum atomic E-state index is 12.8. The molecule has 35 heavy (non-hydrogen) atoms. The molecule has 0 spiro atoms. The Morgan fingerprint density at radius 2 is 1.77 bits per heavy atom. The average molecular weight is 474 g/mol. The topological polar surface area (TPSA) is 106 Å². The largest absolute Gasteiger partial charge is 0.365 e. The Bertz CT molecular complexity index is 1140. The minimum atomic E-state index is 0.226. The molecule has 1 saturated heterocycles. The van der Waals surface area contributed by atoms with Crippen LogP contribution in [0, 0.1) is 0 Å². The fraction of sp³-hybridized carbons (Fsp3) is 0.480. The van der Waals surface area contributed by atoms with Gasteiger partial charge in [0.2, 0.25) is 11.9 Å². The second kappa shape index (κ2) is 9.61. The molecule has 10 nitrogen and oxygen atoms in total. The maximum Gasteiger partial charge on any atom is 0.223 e. The van der Waals surface area contributed by atoms with Gasteiger partial charge in [0.05, 0.1) is 29.5 Å². The lowest BCUT2D eigenvalue weighted by molar-refractivity contribution is -0.131. The van der Waals surface area contributed by atoms with E-state index in [1.807, 2.05) is 17.3 Å². The molecular weight excluding hydrogens is 442 g/mol. The molecule has 0 saturated carbocycles. The quantitative estimate of drug-likeness (QED) is 0.551. The average Bonchev–Trinajstić information content (AvgIpc) is 3.54. The number of anilines is 2. The molecule has 1 fully saturated rings. The molecule has 0 unspecified atom stereocenters. The van der Waals surface area contributed by atoms with Crippen LogP contribution in [0.3, 0.4) is 0 Å². The van der Waals surface area contributed by atoms with Crippen LogP contribution >= 0.6 is 0 Å². The number of nitrogens with zero attached hydrogens (tertiary/aromatic N) is 7. The first kappa shape index (κ1) is 22.0. The molecule has 1 aromatic carbocycles. The first-order valence-corrected chi connectivity index (χ1v) is 12.5. The van der Waals surface area contributed by atoms with Crippen LogP contribution in [0.25, 0.3) is 0 Å². The standard InChI is InChI=1S/C25H31N9O/c35-24(6-8-32-7-5-22-23(17-32)30-31-29-22)34-11-9-33(10-12-34)21-15-26-25(27-16-21)28-20-13-18-3-1-2-4-19(18)14-20/h1-4,15-16,20H,5-14,17H2,(H,26,27,28)(H,29,30,31). The summed E-state index contributed by atoms with van der Waals surface area (Å²) in [5.74, 6) is 0.903. The minimum absolute atomic E-state index is 0.226. The zero-order chi connectivity index (χ0) is 23.6. The van der Waals surface area contributed by atoms with Gasteiger partial charge in [0, 0.05) is 64.7 Å². The van der Waals surface area contributed by atoms with Crippen LogP contribution in [-0.4, -0.2) is 86.4 Å². The third-order valence-corrected chi connectivity index (χ3v) is 7.42. The van der Waals surface area contributed by atoms with Gasteiger partial charge in [-0.1, -0.05) is 29.5 Å². The first-order valence-electron chi connectivity index (χ1n) is 12.5. The summed E-state index contributed by atoms with van der Waals surface area (Å²) >= 11 is 0. The van der Waals surface area contributed by atoms with Gasteiger partial charge in [-0.15, -0.1) is 5.10 Å². The molecule has 4 heterocycles. The summed E-state index contributed by atoms with van der Waals surface area (Å²) in [6, 6.07) is 8.94. The van der Waals surface area contributed by atoms with E-state index in [4.69, 9.17) is 0 Å². The van der Waals surface area contributed by atoms with Gasteiger partial charge in [-0.05, 0) is 24.0 Å². The van der Waals surface area contributed by atoms with Gasteiger partial charge in [-0.2, -0.15) is 0 Å². The van der Waals surface area contributed by atoms with Crippen molar-refractivity contribution >= 4 is 17.5 Å². The minimum Gasteiger partial charge on any atom is -0.365 e. The van der Waals surface area contributed by atoms with Gasteiger partial charge >= 0.3 is 0 Å². The molecule has 182 valence electrons. The Balaban J connectivity index is 0.951. The van der Waals surface area contributed by atoms with Crippen molar-refractivity contribution in [2.45, 2.75) is 38.3 Å². The van der Waals surface area contributed by atoms with Crippen LogP contribution in [0.5, 0.6) is 0 Å². The number of hydrogen-bond acceptors (Lipinski definition) is 8. The molecular formula is C25H31N9O. The van der Waals surface area contributed by atoms with E-state index in [2.05, 4.69) is 64.8 Å². The Hall–Kier alpha value is -3.53. The van der Waals surface area contributed by atoms with E-state index < -0.39 is 0 Å². The van der Waals surface area contributed by atoms with E-state index in [9.17, 15) is 4.79 Å². The van der Waals surface area contributed by atoms with Crippen molar-refractivity contribution in [3.63, 3.8) is 0 Å². The van der Waals surface area contributed by atoms with E-state index >= 15 is 0 Å². The fourth-order valence-electron chi connectivity index (χ4n) is 5.38. The summed E-state index contributed by atoms with van der Waals surface area (Å²) < 4.78 is 0. The number of carbonyl (C=O) groups is 1. The van der Waals surface area contributed by atoms with Crippen molar-refractivity contribution in [2.24, 2.45) is 0 Å². The fourth-order valence-corrected chi connectivity index (χ4v) is 5.38. The SMILES string of the molecule is O=C(CCN1CCc2[nH]nnc2C1)N1CCN(c2cnc(NC3Cc4ccccc4C3)nc2)CC1. The molecule has 1 aliphatic carbocycles. The van der Waals surface area contributed by atoms with Crippen molar-refractivity contribution in [3.05, 3.63) is 59.2 Å². The number of benzene rings is 1. The van der Waals surface area contributed by atoms with Crippen LogP contribution in [0.4, 0.5) is 11.6 Å². The summed E-state index contributed by atoms with van der Waals surface area (Å²) in [5, 5.41) is 14.5. The molecule has 0 bridgehead atoms. The van der Waals surface area contributed by atoms with Crippen molar-refractivity contribution in [1.82, 2.24) is 35.2 Å². The molecule has 2 aliphatic heterocycles. The van der Waals surface area contributed by atoms with Gasteiger partial charge in [-0.25, -0.2) is 9.97 Å².